The molecule has 0 unspecified atom stereocenters. The number of aromatic hydroxyl groups is 1. The predicted octanol–water partition coefficient (Wildman–Crippen LogP) is 3.58. The Kier molecular flexibility index (Phi) is 7.73. The predicted molar refractivity (Wildman–Crippen MR) is 118 cm³/mol. The highest BCUT2D eigenvalue weighted by molar-refractivity contribution is 5.97. The lowest BCUT2D eigenvalue weighted by atomic mass is 9.70. The molecule has 3 atom stereocenters. The van der Waals surface area contributed by atoms with Crippen molar-refractivity contribution in [2.75, 3.05) is 14.2 Å². The molecule has 1 aromatic heterocycles. The number of methoxy groups -OCH3 is 2. The van der Waals surface area contributed by atoms with E-state index in [0.29, 0.717) is 5.75 Å². The highest BCUT2D eigenvalue weighted by Gasteiger charge is 2.37. The smallest absolute Gasteiger partial charge is 0.328 e. The number of benzene rings is 1. The van der Waals surface area contributed by atoms with Crippen LogP contribution in [-0.4, -0.2) is 48.3 Å². The van der Waals surface area contributed by atoms with Gasteiger partial charge >= 0.3 is 5.97 Å². The number of nitrogens with zero attached hydrogens (tertiary/aromatic N) is 1. The number of hydrogen-bond acceptors (Lipinski definition) is 7. The van der Waals surface area contributed by atoms with E-state index in [1.807, 2.05) is 0 Å². The molecular formula is C24H29FN2O6. The minimum atomic E-state index is -0.996. The van der Waals surface area contributed by atoms with Crippen molar-refractivity contribution in [3.63, 3.8) is 0 Å². The first-order chi connectivity index (χ1) is 15.8. The summed E-state index contributed by atoms with van der Waals surface area (Å²) in [4.78, 5) is 29.1. The van der Waals surface area contributed by atoms with Crippen molar-refractivity contribution in [2.45, 2.75) is 51.2 Å². The van der Waals surface area contributed by atoms with E-state index in [1.54, 1.807) is 13.0 Å². The molecule has 0 bridgehead atoms. The summed E-state index contributed by atoms with van der Waals surface area (Å²) < 4.78 is 29.8. The van der Waals surface area contributed by atoms with Crippen LogP contribution < -0.4 is 14.8 Å². The highest BCUT2D eigenvalue weighted by Crippen LogP contribution is 2.45. The molecule has 1 amide bonds. The molecular weight excluding hydrogens is 431 g/mol. The van der Waals surface area contributed by atoms with Crippen LogP contribution in [0.3, 0.4) is 0 Å². The number of amides is 1. The summed E-state index contributed by atoms with van der Waals surface area (Å²) >= 11 is 0. The first-order valence-electron chi connectivity index (χ1n) is 10.8. The van der Waals surface area contributed by atoms with Crippen LogP contribution in [0.5, 0.6) is 17.2 Å². The van der Waals surface area contributed by atoms with Gasteiger partial charge in [0.2, 0.25) is 0 Å². The largest absolute Gasteiger partial charge is 0.503 e. The number of hydrogen-bond donors (Lipinski definition) is 2. The maximum Gasteiger partial charge on any atom is 0.328 e. The second-order valence-electron chi connectivity index (χ2n) is 8.15. The van der Waals surface area contributed by atoms with E-state index < -0.39 is 35.6 Å². The standard InChI is InChI=1S/C24H29FN2O6/c1-13(27-23(29)21-22(28)18(31-3)10-11-26-21)24(30)33-14(2)20(15-6-5-7-15)17-9-8-16(25)12-19(17)32-4/h8-15,20,28H,5-7H2,1-4H3,(H,27,29)/t13-,14-,20-/m0/s1. The Morgan fingerprint density at radius 3 is 2.45 bits per heavy atom. The molecule has 1 aliphatic carbocycles. The van der Waals surface area contributed by atoms with Gasteiger partial charge in [-0.3, -0.25) is 4.79 Å². The molecule has 2 aromatic rings. The summed E-state index contributed by atoms with van der Waals surface area (Å²) in [6, 6.07) is 4.78. The average molecular weight is 461 g/mol. The normalized spacial score (nSPS) is 16.2. The number of pyridine rings is 1. The summed E-state index contributed by atoms with van der Waals surface area (Å²) in [5.41, 5.74) is 0.525. The van der Waals surface area contributed by atoms with Gasteiger partial charge in [0.25, 0.3) is 5.91 Å². The molecule has 3 rings (SSSR count). The molecule has 0 saturated heterocycles. The van der Waals surface area contributed by atoms with Gasteiger partial charge in [-0.1, -0.05) is 12.5 Å². The van der Waals surface area contributed by atoms with Crippen LogP contribution >= 0.6 is 0 Å². The number of halogens is 1. The first-order valence-corrected chi connectivity index (χ1v) is 10.8. The van der Waals surface area contributed by atoms with Crippen molar-refractivity contribution in [2.24, 2.45) is 5.92 Å². The molecule has 33 heavy (non-hydrogen) atoms. The lowest BCUT2D eigenvalue weighted by Crippen LogP contribution is -2.42. The molecule has 0 spiro atoms. The van der Waals surface area contributed by atoms with Gasteiger partial charge in [-0.05, 0) is 38.7 Å². The fourth-order valence-corrected chi connectivity index (χ4v) is 4.10. The van der Waals surface area contributed by atoms with Gasteiger partial charge < -0.3 is 24.6 Å². The molecule has 1 fully saturated rings. The number of carbonyl (C=O) groups is 2. The van der Waals surface area contributed by atoms with E-state index in [-0.39, 0.29) is 23.3 Å². The second-order valence-corrected chi connectivity index (χ2v) is 8.15. The monoisotopic (exact) mass is 460 g/mol. The zero-order valence-corrected chi connectivity index (χ0v) is 19.1. The second kappa shape index (κ2) is 10.5. The van der Waals surface area contributed by atoms with Crippen molar-refractivity contribution < 1.29 is 33.3 Å². The van der Waals surface area contributed by atoms with Crippen LogP contribution in [-0.2, 0) is 9.53 Å². The molecule has 8 nitrogen and oxygen atoms in total. The number of aromatic nitrogens is 1. The van der Waals surface area contributed by atoms with Crippen molar-refractivity contribution in [3.05, 3.63) is 47.5 Å². The SMILES string of the molecule is COc1cc(F)ccc1[C@H](C1CCC1)[C@H](C)OC(=O)[C@H](C)NC(=O)c1nccc(OC)c1O. The van der Waals surface area contributed by atoms with Crippen molar-refractivity contribution in [1.82, 2.24) is 10.3 Å². The molecule has 178 valence electrons. The average Bonchev–Trinajstić information content (AvgIpc) is 2.76. The Balaban J connectivity index is 1.72. The summed E-state index contributed by atoms with van der Waals surface area (Å²) in [6.45, 7) is 3.27. The topological polar surface area (TPSA) is 107 Å². The zero-order chi connectivity index (χ0) is 24.1. The summed E-state index contributed by atoms with van der Waals surface area (Å²) in [7, 11) is 2.83. The summed E-state index contributed by atoms with van der Waals surface area (Å²) in [6.07, 6.45) is 3.80. The van der Waals surface area contributed by atoms with Gasteiger partial charge in [0, 0.05) is 29.8 Å². The van der Waals surface area contributed by atoms with Crippen LogP contribution in [0.2, 0.25) is 0 Å². The molecule has 1 aliphatic rings. The number of nitrogens with one attached hydrogen (secondary N) is 1. The Hall–Kier alpha value is -3.36. The minimum absolute atomic E-state index is 0.0931. The molecule has 0 aliphatic heterocycles. The lowest BCUT2D eigenvalue weighted by Gasteiger charge is -2.38. The van der Waals surface area contributed by atoms with Gasteiger partial charge in [-0.25, -0.2) is 14.2 Å². The molecule has 9 heteroatoms. The molecule has 1 saturated carbocycles. The number of ether oxygens (including phenoxy) is 3. The van der Waals surface area contributed by atoms with Crippen LogP contribution in [0.1, 0.15) is 55.1 Å². The molecule has 2 N–H and O–H groups in total. The van der Waals surface area contributed by atoms with Crippen molar-refractivity contribution >= 4 is 11.9 Å². The van der Waals surface area contributed by atoms with E-state index in [0.717, 1.165) is 24.8 Å². The maximum absolute atomic E-state index is 13.7. The summed E-state index contributed by atoms with van der Waals surface area (Å²) in [5, 5.41) is 12.6. The van der Waals surface area contributed by atoms with Crippen LogP contribution in [0.25, 0.3) is 0 Å². The Morgan fingerprint density at radius 1 is 1.15 bits per heavy atom. The minimum Gasteiger partial charge on any atom is -0.503 e. The lowest BCUT2D eigenvalue weighted by molar-refractivity contribution is -0.152. The number of rotatable bonds is 9. The van der Waals surface area contributed by atoms with Crippen molar-refractivity contribution in [1.29, 1.82) is 0 Å². The Labute approximate surface area is 192 Å². The Bertz CT molecular complexity index is 1010. The number of carbonyl (C=O) groups excluding carboxylic acids is 2. The third-order valence-corrected chi connectivity index (χ3v) is 6.04. The van der Waals surface area contributed by atoms with Gasteiger partial charge in [0.1, 0.15) is 23.7 Å². The van der Waals surface area contributed by atoms with Crippen LogP contribution in [0.15, 0.2) is 30.5 Å². The van der Waals surface area contributed by atoms with Gasteiger partial charge in [-0.2, -0.15) is 0 Å². The van der Waals surface area contributed by atoms with E-state index in [2.05, 4.69) is 10.3 Å². The molecule has 1 heterocycles. The fourth-order valence-electron chi connectivity index (χ4n) is 4.10. The van der Waals surface area contributed by atoms with Gasteiger partial charge in [0.15, 0.2) is 17.2 Å². The Morgan fingerprint density at radius 2 is 1.85 bits per heavy atom. The van der Waals surface area contributed by atoms with E-state index in [4.69, 9.17) is 14.2 Å². The summed E-state index contributed by atoms with van der Waals surface area (Å²) in [5.74, 6) is -1.59. The molecule has 0 radical (unpaired) electrons. The number of esters is 1. The van der Waals surface area contributed by atoms with Crippen LogP contribution in [0, 0.1) is 11.7 Å². The quantitative estimate of drug-likeness (QED) is 0.551. The van der Waals surface area contributed by atoms with Crippen LogP contribution in [0.4, 0.5) is 4.39 Å². The zero-order valence-electron chi connectivity index (χ0n) is 19.1. The highest BCUT2D eigenvalue weighted by atomic mass is 19.1. The van der Waals surface area contributed by atoms with Crippen molar-refractivity contribution in [3.8, 4) is 17.2 Å². The third kappa shape index (κ3) is 5.35. The van der Waals surface area contributed by atoms with Gasteiger partial charge in [0.05, 0.1) is 14.2 Å². The maximum atomic E-state index is 13.7. The van der Waals surface area contributed by atoms with E-state index in [1.165, 1.54) is 45.5 Å². The fraction of sp³-hybridized carbons (Fsp3) is 0.458. The first kappa shape index (κ1) is 24.3. The van der Waals surface area contributed by atoms with E-state index >= 15 is 0 Å². The van der Waals surface area contributed by atoms with Gasteiger partial charge in [-0.15, -0.1) is 0 Å². The third-order valence-electron chi connectivity index (χ3n) is 6.04. The molecule has 1 aromatic carbocycles. The van der Waals surface area contributed by atoms with E-state index in [9.17, 15) is 19.1 Å².